The number of nitrogens with one attached hydrogen (secondary N) is 1. The number of halogens is 1. The molecule has 0 spiro atoms. The molecule has 2 aromatic heterocycles. The molecule has 2 amide bonds. The number of nitrogens with zero attached hydrogens (tertiary/aromatic N) is 4. The van der Waals surface area contributed by atoms with E-state index in [1.165, 1.54) is 5.56 Å². The topological polar surface area (TPSA) is 79.1 Å². The second-order valence-corrected chi connectivity index (χ2v) is 7.72. The molecule has 1 N–H and O–H groups in total. The van der Waals surface area contributed by atoms with Crippen LogP contribution in [0.25, 0.3) is 11.2 Å². The molecule has 0 aliphatic carbocycles. The largest absolute Gasteiger partial charge is 0.345 e. The van der Waals surface area contributed by atoms with Gasteiger partial charge in [-0.15, -0.1) is 0 Å². The fraction of sp³-hybridized carbons (Fsp3) is 0.0909. The number of imidazole rings is 1. The Bertz CT molecular complexity index is 1380. The lowest BCUT2D eigenvalue weighted by atomic mass is 9.94. The first-order chi connectivity index (χ1) is 14.6. The van der Waals surface area contributed by atoms with E-state index >= 15 is 0 Å². The van der Waals surface area contributed by atoms with Crippen LogP contribution in [0.1, 0.15) is 16.8 Å². The van der Waals surface area contributed by atoms with Crippen LogP contribution in [0.2, 0.25) is 5.02 Å². The number of aromatic nitrogens is 2. The van der Waals surface area contributed by atoms with E-state index in [0.717, 1.165) is 24.2 Å². The highest BCUT2D eigenvalue weighted by Crippen LogP contribution is 2.37. The average Bonchev–Trinajstić information content (AvgIpc) is 3.36. The van der Waals surface area contributed by atoms with Crippen LogP contribution in [0.5, 0.6) is 0 Å². The average molecular weight is 416 g/mol. The summed E-state index contributed by atoms with van der Waals surface area (Å²) in [6.45, 7) is 0.856. The number of aliphatic imine (C=N–C) groups is 1. The van der Waals surface area contributed by atoms with Crippen molar-refractivity contribution in [1.29, 1.82) is 0 Å². The van der Waals surface area contributed by atoms with Crippen LogP contribution >= 0.6 is 11.6 Å². The molecule has 6 rings (SSSR count). The lowest BCUT2D eigenvalue weighted by molar-refractivity contribution is -0.123. The number of amides is 2. The van der Waals surface area contributed by atoms with Crippen LogP contribution in [-0.4, -0.2) is 33.5 Å². The number of rotatable bonds is 2. The minimum absolute atomic E-state index is 0.242. The molecule has 0 bridgehead atoms. The van der Waals surface area contributed by atoms with E-state index in [-0.39, 0.29) is 11.1 Å². The van der Waals surface area contributed by atoms with Gasteiger partial charge in [-0.25, -0.2) is 4.98 Å². The first kappa shape index (κ1) is 17.2. The van der Waals surface area contributed by atoms with E-state index in [4.69, 9.17) is 11.6 Å². The summed E-state index contributed by atoms with van der Waals surface area (Å²) in [6, 6.07) is 9.47. The Balaban J connectivity index is 1.64. The highest BCUT2D eigenvalue weighted by Gasteiger charge is 2.38. The van der Waals surface area contributed by atoms with Crippen molar-refractivity contribution in [3.05, 3.63) is 82.5 Å². The SMILES string of the molecule is O=C1NC(=O)C(c2cnc3ccc(Cl)cn23)=C1C1=NC=CN2CCc3cccc1c32. The summed E-state index contributed by atoms with van der Waals surface area (Å²) in [5, 5.41) is 2.93. The molecular formula is C22H14ClN5O2. The number of pyridine rings is 1. The molecule has 0 atom stereocenters. The van der Waals surface area contributed by atoms with Crippen molar-refractivity contribution in [3.63, 3.8) is 0 Å². The van der Waals surface area contributed by atoms with Crippen molar-refractivity contribution < 1.29 is 9.59 Å². The van der Waals surface area contributed by atoms with Crippen LogP contribution in [-0.2, 0) is 16.0 Å². The molecule has 0 fully saturated rings. The summed E-state index contributed by atoms with van der Waals surface area (Å²) in [5.41, 5.74) is 5.14. The lowest BCUT2D eigenvalue weighted by Crippen LogP contribution is -2.25. The Morgan fingerprint density at radius 2 is 1.93 bits per heavy atom. The zero-order chi connectivity index (χ0) is 20.4. The standard InChI is InChI=1S/C22H14ClN5O2/c23-13-4-5-16-25-10-15(28(16)11-13)17-18(22(30)26-21(17)29)19-14-3-1-2-12-6-8-27(20(12)14)9-7-24-19/h1-5,7,9-11H,6,8H2,(H,26,29,30). The van der Waals surface area contributed by atoms with E-state index < -0.39 is 11.8 Å². The Morgan fingerprint density at radius 1 is 1.07 bits per heavy atom. The lowest BCUT2D eigenvalue weighted by Gasteiger charge is -2.17. The second-order valence-electron chi connectivity index (χ2n) is 7.28. The van der Waals surface area contributed by atoms with Gasteiger partial charge in [0.1, 0.15) is 5.65 Å². The molecule has 1 aromatic carbocycles. The van der Waals surface area contributed by atoms with Gasteiger partial charge in [-0.05, 0) is 24.1 Å². The molecule has 0 saturated heterocycles. The molecule has 7 nitrogen and oxygen atoms in total. The number of carbonyl (C=O) groups excluding carboxylic acids is 2. The van der Waals surface area contributed by atoms with Gasteiger partial charge in [-0.1, -0.05) is 29.8 Å². The Morgan fingerprint density at radius 3 is 2.83 bits per heavy atom. The quantitative estimate of drug-likeness (QED) is 0.653. The van der Waals surface area contributed by atoms with Crippen LogP contribution in [0, 0.1) is 0 Å². The first-order valence-corrected chi connectivity index (χ1v) is 9.86. The number of hydrogen-bond donors (Lipinski definition) is 1. The maximum absolute atomic E-state index is 12.9. The predicted molar refractivity (Wildman–Crippen MR) is 113 cm³/mol. The van der Waals surface area contributed by atoms with Crippen LogP contribution in [0.4, 0.5) is 5.69 Å². The van der Waals surface area contributed by atoms with Crippen molar-refractivity contribution in [2.75, 3.05) is 11.4 Å². The molecule has 5 heterocycles. The van der Waals surface area contributed by atoms with E-state index in [9.17, 15) is 9.59 Å². The molecule has 0 unspecified atom stereocenters. The summed E-state index contributed by atoms with van der Waals surface area (Å²) in [7, 11) is 0. The fourth-order valence-electron chi connectivity index (χ4n) is 4.35. The van der Waals surface area contributed by atoms with Crippen molar-refractivity contribution in [1.82, 2.24) is 14.7 Å². The molecule has 8 heteroatoms. The highest BCUT2D eigenvalue weighted by molar-refractivity contribution is 6.47. The van der Waals surface area contributed by atoms with Crippen LogP contribution in [0.15, 0.2) is 65.7 Å². The molecular weight excluding hydrogens is 402 g/mol. The minimum atomic E-state index is -0.475. The van der Waals surface area contributed by atoms with Crippen LogP contribution < -0.4 is 10.2 Å². The summed E-state index contributed by atoms with van der Waals surface area (Å²) in [6.07, 6.45) is 7.76. The van der Waals surface area contributed by atoms with Gasteiger partial charge >= 0.3 is 0 Å². The van der Waals surface area contributed by atoms with E-state index in [1.807, 2.05) is 18.3 Å². The molecule has 146 valence electrons. The number of para-hydroxylation sites is 1. The molecule has 3 aliphatic heterocycles. The third-order valence-electron chi connectivity index (χ3n) is 5.63. The molecule has 30 heavy (non-hydrogen) atoms. The number of fused-ring (bicyclic) bond motifs is 1. The summed E-state index contributed by atoms with van der Waals surface area (Å²) >= 11 is 6.16. The zero-order valence-electron chi connectivity index (χ0n) is 15.6. The maximum Gasteiger partial charge on any atom is 0.261 e. The van der Waals surface area contributed by atoms with Crippen molar-refractivity contribution >= 4 is 46.0 Å². The monoisotopic (exact) mass is 415 g/mol. The Hall–Kier alpha value is -3.71. The van der Waals surface area contributed by atoms with Gasteiger partial charge in [0.2, 0.25) is 0 Å². The van der Waals surface area contributed by atoms with Gasteiger partial charge in [0.05, 0.1) is 39.5 Å². The van der Waals surface area contributed by atoms with Gasteiger partial charge in [0.25, 0.3) is 11.8 Å². The molecule has 3 aliphatic rings. The molecule has 0 radical (unpaired) electrons. The van der Waals surface area contributed by atoms with Crippen molar-refractivity contribution in [3.8, 4) is 0 Å². The van der Waals surface area contributed by atoms with Crippen molar-refractivity contribution in [2.24, 2.45) is 4.99 Å². The molecule has 0 saturated carbocycles. The number of carbonyl (C=O) groups is 2. The summed E-state index contributed by atoms with van der Waals surface area (Å²) in [5.74, 6) is -0.944. The van der Waals surface area contributed by atoms with Gasteiger partial charge in [0.15, 0.2) is 0 Å². The zero-order valence-corrected chi connectivity index (χ0v) is 16.3. The van der Waals surface area contributed by atoms with Crippen LogP contribution in [0.3, 0.4) is 0 Å². The number of benzene rings is 1. The summed E-state index contributed by atoms with van der Waals surface area (Å²) in [4.78, 5) is 36.9. The number of hydrogen-bond acceptors (Lipinski definition) is 5. The van der Waals surface area contributed by atoms with E-state index in [2.05, 4.69) is 26.3 Å². The highest BCUT2D eigenvalue weighted by atomic mass is 35.5. The van der Waals surface area contributed by atoms with Gasteiger partial charge in [-0.2, -0.15) is 0 Å². The van der Waals surface area contributed by atoms with Gasteiger partial charge in [0, 0.05) is 30.7 Å². The number of imide groups is 1. The van der Waals surface area contributed by atoms with Crippen molar-refractivity contribution in [2.45, 2.75) is 6.42 Å². The summed E-state index contributed by atoms with van der Waals surface area (Å²) < 4.78 is 1.71. The Kier molecular flexibility index (Phi) is 3.52. The minimum Gasteiger partial charge on any atom is -0.345 e. The van der Waals surface area contributed by atoms with Gasteiger partial charge in [-0.3, -0.25) is 24.3 Å². The second kappa shape index (κ2) is 6.14. The molecule has 3 aromatic rings. The van der Waals surface area contributed by atoms with Gasteiger partial charge < -0.3 is 4.90 Å². The predicted octanol–water partition coefficient (Wildman–Crippen LogP) is 2.73. The smallest absolute Gasteiger partial charge is 0.261 e. The third kappa shape index (κ3) is 2.32. The fourth-order valence-corrected chi connectivity index (χ4v) is 4.51. The Labute approximate surface area is 176 Å². The normalized spacial score (nSPS) is 17.5. The van der Waals surface area contributed by atoms with E-state index in [0.29, 0.717) is 22.1 Å². The van der Waals surface area contributed by atoms with E-state index in [1.54, 1.807) is 35.1 Å². The first-order valence-electron chi connectivity index (χ1n) is 9.48. The number of anilines is 1. The third-order valence-corrected chi connectivity index (χ3v) is 5.85. The maximum atomic E-state index is 12.9.